The van der Waals surface area contributed by atoms with E-state index in [1.165, 1.54) is 6.26 Å². The first kappa shape index (κ1) is 16.3. The van der Waals surface area contributed by atoms with Gasteiger partial charge in [-0.05, 0) is 62.7 Å². The molecule has 0 amide bonds. The summed E-state index contributed by atoms with van der Waals surface area (Å²) in [6.45, 7) is 4.52. The molecule has 0 aromatic rings. The van der Waals surface area contributed by atoms with E-state index in [-0.39, 0.29) is 11.2 Å². The summed E-state index contributed by atoms with van der Waals surface area (Å²) in [6, 6.07) is 0. The van der Waals surface area contributed by atoms with E-state index in [1.807, 2.05) is 0 Å². The van der Waals surface area contributed by atoms with Crippen LogP contribution in [0.2, 0.25) is 0 Å². The Morgan fingerprint density at radius 1 is 1.10 bits per heavy atom. The zero-order valence-corrected chi connectivity index (χ0v) is 14.0. The molecule has 2 aliphatic carbocycles. The lowest BCUT2D eigenvalue weighted by Crippen LogP contribution is -2.45. The summed E-state index contributed by atoms with van der Waals surface area (Å²) in [5.74, 6) is 1.60. The predicted octanol–water partition coefficient (Wildman–Crippen LogP) is 3.17. The van der Waals surface area contributed by atoms with Crippen molar-refractivity contribution in [1.29, 1.82) is 0 Å². The van der Waals surface area contributed by atoms with Gasteiger partial charge in [-0.3, -0.25) is 0 Å². The van der Waals surface area contributed by atoms with E-state index in [9.17, 15) is 13.5 Å². The molecule has 2 fully saturated rings. The molecular formula is C16H30O3S. The van der Waals surface area contributed by atoms with Crippen LogP contribution < -0.4 is 0 Å². The summed E-state index contributed by atoms with van der Waals surface area (Å²) in [4.78, 5) is 0. The first-order valence-corrected chi connectivity index (χ1v) is 10.1. The van der Waals surface area contributed by atoms with Gasteiger partial charge in [-0.2, -0.15) is 0 Å². The molecule has 0 aromatic carbocycles. The Kier molecular flexibility index (Phi) is 4.85. The number of aliphatic hydroxyl groups is 1. The van der Waals surface area contributed by atoms with Crippen LogP contribution in [-0.2, 0) is 9.84 Å². The largest absolute Gasteiger partial charge is 0.390 e. The second kappa shape index (κ2) is 5.96. The number of rotatable bonds is 3. The second-order valence-corrected chi connectivity index (χ2v) is 9.83. The molecule has 118 valence electrons. The van der Waals surface area contributed by atoms with Gasteiger partial charge in [-0.15, -0.1) is 0 Å². The quantitative estimate of drug-likeness (QED) is 0.871. The van der Waals surface area contributed by atoms with Gasteiger partial charge in [0.25, 0.3) is 0 Å². The van der Waals surface area contributed by atoms with Crippen LogP contribution in [0.1, 0.15) is 65.2 Å². The van der Waals surface area contributed by atoms with Crippen molar-refractivity contribution in [1.82, 2.24) is 0 Å². The topological polar surface area (TPSA) is 54.4 Å². The smallest absolute Gasteiger partial charge is 0.150 e. The van der Waals surface area contributed by atoms with Gasteiger partial charge < -0.3 is 5.11 Å². The molecule has 0 spiro atoms. The third-order valence-electron chi connectivity index (χ3n) is 5.83. The zero-order chi connectivity index (χ0) is 15.0. The molecule has 20 heavy (non-hydrogen) atoms. The van der Waals surface area contributed by atoms with Crippen LogP contribution in [0.25, 0.3) is 0 Å². The molecule has 0 aromatic heterocycles. The fourth-order valence-electron chi connectivity index (χ4n) is 4.24. The van der Waals surface area contributed by atoms with Crippen molar-refractivity contribution >= 4 is 9.84 Å². The molecule has 0 bridgehead atoms. The van der Waals surface area contributed by atoms with Crippen LogP contribution in [0.3, 0.4) is 0 Å². The van der Waals surface area contributed by atoms with Crippen molar-refractivity contribution in [3.05, 3.63) is 0 Å². The first-order valence-electron chi connectivity index (χ1n) is 8.13. The van der Waals surface area contributed by atoms with E-state index in [0.717, 1.165) is 50.9 Å². The Balaban J connectivity index is 2.00. The molecule has 2 rings (SSSR count). The van der Waals surface area contributed by atoms with Gasteiger partial charge in [0, 0.05) is 6.26 Å². The molecule has 3 nitrogen and oxygen atoms in total. The van der Waals surface area contributed by atoms with Crippen LogP contribution in [0.4, 0.5) is 0 Å². The van der Waals surface area contributed by atoms with Crippen molar-refractivity contribution in [2.24, 2.45) is 17.8 Å². The fourth-order valence-corrected chi connectivity index (χ4v) is 5.41. The molecule has 0 aliphatic heterocycles. The predicted molar refractivity (Wildman–Crippen MR) is 82.3 cm³/mol. The standard InChI is InChI=1S/C16H30O3S/c1-12(2)13-7-9-16(17,10-8-13)14-5-4-6-15(11-14)20(3,18)19/h12-15,17H,4-11H2,1-3H3. The van der Waals surface area contributed by atoms with Crippen molar-refractivity contribution in [2.75, 3.05) is 6.26 Å². The SMILES string of the molecule is CC(C)C1CCC(O)(C2CCCC(S(C)(=O)=O)C2)CC1. The highest BCUT2D eigenvalue weighted by atomic mass is 32.2. The van der Waals surface area contributed by atoms with Crippen LogP contribution in [-0.4, -0.2) is 30.6 Å². The monoisotopic (exact) mass is 302 g/mol. The van der Waals surface area contributed by atoms with Crippen LogP contribution in [0, 0.1) is 17.8 Å². The maximum absolute atomic E-state index is 11.8. The van der Waals surface area contributed by atoms with Gasteiger partial charge in [0.15, 0.2) is 0 Å². The molecule has 2 atom stereocenters. The van der Waals surface area contributed by atoms with E-state index >= 15 is 0 Å². The number of hydrogen-bond acceptors (Lipinski definition) is 3. The lowest BCUT2D eigenvalue weighted by molar-refractivity contribution is -0.0735. The van der Waals surface area contributed by atoms with Gasteiger partial charge in [-0.25, -0.2) is 8.42 Å². The summed E-state index contributed by atoms with van der Waals surface area (Å²) < 4.78 is 23.6. The highest BCUT2D eigenvalue weighted by Crippen LogP contribution is 2.45. The van der Waals surface area contributed by atoms with Crippen LogP contribution >= 0.6 is 0 Å². The number of hydrogen-bond donors (Lipinski definition) is 1. The molecule has 0 heterocycles. The molecule has 2 saturated carbocycles. The van der Waals surface area contributed by atoms with Crippen molar-refractivity contribution in [3.63, 3.8) is 0 Å². The van der Waals surface area contributed by atoms with Crippen LogP contribution in [0.5, 0.6) is 0 Å². The summed E-state index contributed by atoms with van der Waals surface area (Å²) in [5.41, 5.74) is -0.602. The molecule has 0 radical (unpaired) electrons. The van der Waals surface area contributed by atoms with E-state index in [0.29, 0.717) is 12.3 Å². The first-order chi connectivity index (χ1) is 9.22. The Morgan fingerprint density at radius 3 is 2.20 bits per heavy atom. The summed E-state index contributed by atoms with van der Waals surface area (Å²) in [5, 5.41) is 10.8. The minimum absolute atomic E-state index is 0.184. The minimum Gasteiger partial charge on any atom is -0.390 e. The van der Waals surface area contributed by atoms with Gasteiger partial charge in [0.2, 0.25) is 0 Å². The summed E-state index contributed by atoms with van der Waals surface area (Å²) in [7, 11) is -2.96. The molecule has 4 heteroatoms. The maximum Gasteiger partial charge on any atom is 0.150 e. The second-order valence-electron chi connectivity index (χ2n) is 7.50. The lowest BCUT2D eigenvalue weighted by Gasteiger charge is -2.45. The van der Waals surface area contributed by atoms with E-state index in [1.54, 1.807) is 0 Å². The van der Waals surface area contributed by atoms with Gasteiger partial charge in [-0.1, -0.05) is 20.3 Å². The average Bonchev–Trinajstić information content (AvgIpc) is 2.38. The molecular weight excluding hydrogens is 272 g/mol. The fraction of sp³-hybridized carbons (Fsp3) is 1.00. The van der Waals surface area contributed by atoms with Crippen LogP contribution in [0.15, 0.2) is 0 Å². The van der Waals surface area contributed by atoms with Crippen molar-refractivity contribution in [3.8, 4) is 0 Å². The third-order valence-corrected chi connectivity index (χ3v) is 7.47. The van der Waals surface area contributed by atoms with Crippen molar-refractivity contribution < 1.29 is 13.5 Å². The Bertz CT molecular complexity index is 419. The number of sulfone groups is 1. The third kappa shape index (κ3) is 3.56. The maximum atomic E-state index is 11.8. The molecule has 1 N–H and O–H groups in total. The van der Waals surface area contributed by atoms with Gasteiger partial charge in [0.05, 0.1) is 10.9 Å². The van der Waals surface area contributed by atoms with Gasteiger partial charge >= 0.3 is 0 Å². The average molecular weight is 302 g/mol. The molecule has 2 unspecified atom stereocenters. The lowest BCUT2D eigenvalue weighted by atomic mass is 9.66. The Hall–Kier alpha value is -0.0900. The summed E-state index contributed by atoms with van der Waals surface area (Å²) in [6.07, 6.45) is 8.63. The Morgan fingerprint density at radius 2 is 1.70 bits per heavy atom. The summed E-state index contributed by atoms with van der Waals surface area (Å²) >= 11 is 0. The zero-order valence-electron chi connectivity index (χ0n) is 13.1. The van der Waals surface area contributed by atoms with E-state index < -0.39 is 15.4 Å². The van der Waals surface area contributed by atoms with E-state index in [2.05, 4.69) is 13.8 Å². The van der Waals surface area contributed by atoms with Gasteiger partial charge in [0.1, 0.15) is 9.84 Å². The minimum atomic E-state index is -2.96. The highest BCUT2D eigenvalue weighted by molar-refractivity contribution is 7.91. The highest BCUT2D eigenvalue weighted by Gasteiger charge is 2.43. The van der Waals surface area contributed by atoms with Crippen molar-refractivity contribution in [2.45, 2.75) is 76.1 Å². The molecule has 0 saturated heterocycles. The molecule has 2 aliphatic rings. The normalized spacial score (nSPS) is 40.0. The Labute approximate surface area is 124 Å². The van der Waals surface area contributed by atoms with E-state index in [4.69, 9.17) is 0 Å².